The van der Waals surface area contributed by atoms with E-state index in [0.717, 1.165) is 57.8 Å². The van der Waals surface area contributed by atoms with Crippen LogP contribution in [0.1, 0.15) is 71.1 Å². The Labute approximate surface area is 189 Å². The summed E-state index contributed by atoms with van der Waals surface area (Å²) in [4.78, 5) is 11.5. The van der Waals surface area contributed by atoms with Gasteiger partial charge in [0.2, 0.25) is 0 Å². The lowest BCUT2D eigenvalue weighted by molar-refractivity contribution is -0.153. The predicted molar refractivity (Wildman–Crippen MR) is 131 cm³/mol. The van der Waals surface area contributed by atoms with Gasteiger partial charge >= 0.3 is 5.97 Å². The topological polar surface area (TPSA) is 66.8 Å². The van der Waals surface area contributed by atoms with Gasteiger partial charge in [-0.3, -0.25) is 4.79 Å². The van der Waals surface area contributed by atoms with E-state index < -0.39 is 6.10 Å². The lowest BCUT2D eigenvalue weighted by Gasteiger charge is -2.12. The first-order valence-corrected chi connectivity index (χ1v) is 11.6. The molecule has 0 spiro atoms. The standard InChI is InChI=1S/C27H42O4/c1-2-3-4-5-6-7-8-9-10-11-12-13-14-15-16-17-18-19-20-21-22-23-27(30)31-26(24-28)25-29/h3-4,6-7,9-10,12-13,15-16,18-19,26,28-29H,2,5,8,11,14,17,20-25H2,1H3. The van der Waals surface area contributed by atoms with Crippen LogP contribution in [0.4, 0.5) is 0 Å². The van der Waals surface area contributed by atoms with Gasteiger partial charge < -0.3 is 14.9 Å². The second-order valence-corrected chi connectivity index (χ2v) is 7.14. The molecule has 0 atom stereocenters. The predicted octanol–water partition coefficient (Wildman–Crippen LogP) is 6.14. The number of aliphatic hydroxyl groups excluding tert-OH is 2. The Kier molecular flexibility index (Phi) is 22.4. The molecule has 0 aliphatic heterocycles. The van der Waals surface area contributed by atoms with Gasteiger partial charge in [0.1, 0.15) is 6.10 Å². The van der Waals surface area contributed by atoms with Gasteiger partial charge in [-0.1, -0.05) is 79.8 Å². The summed E-state index contributed by atoms with van der Waals surface area (Å²) in [5, 5.41) is 17.7. The summed E-state index contributed by atoms with van der Waals surface area (Å²) in [6.45, 7) is 1.46. The number of hydrogen-bond acceptors (Lipinski definition) is 4. The molecule has 0 aromatic carbocycles. The lowest BCUT2D eigenvalue weighted by Crippen LogP contribution is -2.25. The Morgan fingerprint density at radius 2 is 1.10 bits per heavy atom. The Morgan fingerprint density at radius 3 is 1.52 bits per heavy atom. The van der Waals surface area contributed by atoms with Crippen molar-refractivity contribution in [3.63, 3.8) is 0 Å². The van der Waals surface area contributed by atoms with E-state index in [4.69, 9.17) is 14.9 Å². The maximum Gasteiger partial charge on any atom is 0.306 e. The van der Waals surface area contributed by atoms with Crippen LogP contribution in [-0.2, 0) is 9.53 Å². The molecule has 0 heterocycles. The highest BCUT2D eigenvalue weighted by molar-refractivity contribution is 5.69. The van der Waals surface area contributed by atoms with Crippen molar-refractivity contribution in [2.24, 2.45) is 0 Å². The molecule has 0 aliphatic carbocycles. The van der Waals surface area contributed by atoms with Gasteiger partial charge in [0.05, 0.1) is 13.2 Å². The molecule has 0 rings (SSSR count). The number of unbranched alkanes of at least 4 members (excludes halogenated alkanes) is 2. The fourth-order valence-corrected chi connectivity index (χ4v) is 2.55. The van der Waals surface area contributed by atoms with Crippen LogP contribution in [0.3, 0.4) is 0 Å². The third kappa shape index (κ3) is 22.3. The Balaban J connectivity index is 3.57. The highest BCUT2D eigenvalue weighted by atomic mass is 16.6. The monoisotopic (exact) mass is 430 g/mol. The van der Waals surface area contributed by atoms with Crippen molar-refractivity contribution < 1.29 is 19.7 Å². The van der Waals surface area contributed by atoms with Gasteiger partial charge in [-0.05, 0) is 57.8 Å². The first-order chi connectivity index (χ1) is 15.2. The second-order valence-electron chi connectivity index (χ2n) is 7.14. The van der Waals surface area contributed by atoms with Crippen molar-refractivity contribution in [1.82, 2.24) is 0 Å². The van der Waals surface area contributed by atoms with Gasteiger partial charge in [-0.15, -0.1) is 0 Å². The third-order valence-electron chi connectivity index (χ3n) is 4.30. The summed E-state index contributed by atoms with van der Waals surface area (Å²) in [5.74, 6) is -0.365. The van der Waals surface area contributed by atoms with E-state index in [1.165, 1.54) is 0 Å². The zero-order chi connectivity index (χ0) is 22.8. The van der Waals surface area contributed by atoms with Crippen molar-refractivity contribution in [3.05, 3.63) is 72.9 Å². The summed E-state index contributed by atoms with van der Waals surface area (Å²) in [6.07, 6.45) is 34.3. The summed E-state index contributed by atoms with van der Waals surface area (Å²) < 4.78 is 4.91. The van der Waals surface area contributed by atoms with E-state index in [2.05, 4.69) is 79.8 Å². The minimum atomic E-state index is -0.795. The minimum absolute atomic E-state index is 0.319. The van der Waals surface area contributed by atoms with Gasteiger partial charge in [0.15, 0.2) is 0 Å². The molecule has 4 nitrogen and oxygen atoms in total. The van der Waals surface area contributed by atoms with Gasteiger partial charge in [0, 0.05) is 6.42 Å². The number of carbonyl (C=O) groups excluding carboxylic acids is 1. The molecule has 2 N–H and O–H groups in total. The molecule has 0 saturated carbocycles. The summed E-state index contributed by atoms with van der Waals surface area (Å²) in [5.41, 5.74) is 0. The van der Waals surface area contributed by atoms with Crippen LogP contribution < -0.4 is 0 Å². The average molecular weight is 431 g/mol. The molecule has 0 aliphatic rings. The van der Waals surface area contributed by atoms with E-state index in [1.807, 2.05) is 0 Å². The van der Waals surface area contributed by atoms with Crippen LogP contribution >= 0.6 is 0 Å². The van der Waals surface area contributed by atoms with E-state index in [1.54, 1.807) is 0 Å². The fraction of sp³-hybridized carbons (Fsp3) is 0.519. The van der Waals surface area contributed by atoms with Crippen molar-refractivity contribution in [3.8, 4) is 0 Å². The van der Waals surface area contributed by atoms with Crippen LogP contribution in [0.5, 0.6) is 0 Å². The number of carbonyl (C=O) groups is 1. The number of rotatable bonds is 19. The normalized spacial score (nSPS) is 12.9. The van der Waals surface area contributed by atoms with Crippen molar-refractivity contribution in [2.75, 3.05) is 13.2 Å². The molecule has 174 valence electrons. The van der Waals surface area contributed by atoms with Crippen molar-refractivity contribution in [2.45, 2.75) is 77.2 Å². The number of aliphatic hydroxyl groups is 2. The molecule has 31 heavy (non-hydrogen) atoms. The maximum atomic E-state index is 11.5. The van der Waals surface area contributed by atoms with E-state index in [-0.39, 0.29) is 19.2 Å². The van der Waals surface area contributed by atoms with Gasteiger partial charge in [-0.25, -0.2) is 0 Å². The molecule has 0 saturated heterocycles. The molecule has 0 aromatic heterocycles. The molecule has 0 bridgehead atoms. The first-order valence-electron chi connectivity index (χ1n) is 11.6. The molecule has 4 heteroatoms. The molecule has 0 unspecified atom stereocenters. The summed E-state index contributed by atoms with van der Waals surface area (Å²) in [6, 6.07) is 0. The van der Waals surface area contributed by atoms with Crippen molar-refractivity contribution in [1.29, 1.82) is 0 Å². The van der Waals surface area contributed by atoms with Crippen LogP contribution in [0.2, 0.25) is 0 Å². The Morgan fingerprint density at radius 1 is 0.677 bits per heavy atom. The zero-order valence-corrected chi connectivity index (χ0v) is 19.2. The summed E-state index contributed by atoms with van der Waals surface area (Å²) >= 11 is 0. The van der Waals surface area contributed by atoms with Gasteiger partial charge in [0.25, 0.3) is 0 Å². The Bertz CT molecular complexity index is 578. The van der Waals surface area contributed by atoms with E-state index >= 15 is 0 Å². The quantitative estimate of drug-likeness (QED) is 0.147. The summed E-state index contributed by atoms with van der Waals surface area (Å²) in [7, 11) is 0. The van der Waals surface area contributed by atoms with E-state index in [9.17, 15) is 4.79 Å². The molecule has 0 radical (unpaired) electrons. The molecular weight excluding hydrogens is 388 g/mol. The third-order valence-corrected chi connectivity index (χ3v) is 4.30. The number of esters is 1. The van der Waals surface area contributed by atoms with Crippen LogP contribution in [0, 0.1) is 0 Å². The van der Waals surface area contributed by atoms with Crippen LogP contribution in [0.25, 0.3) is 0 Å². The highest BCUT2D eigenvalue weighted by Gasteiger charge is 2.11. The Hall–Kier alpha value is -2.17. The molecule has 0 fully saturated rings. The number of hydrogen-bond donors (Lipinski definition) is 2. The highest BCUT2D eigenvalue weighted by Crippen LogP contribution is 2.04. The van der Waals surface area contributed by atoms with Crippen molar-refractivity contribution >= 4 is 5.97 Å². The number of ether oxygens (including phenoxy) is 1. The van der Waals surface area contributed by atoms with Crippen LogP contribution in [0.15, 0.2) is 72.9 Å². The smallest absolute Gasteiger partial charge is 0.306 e. The fourth-order valence-electron chi connectivity index (χ4n) is 2.55. The SMILES string of the molecule is CCC=CCC=CCC=CCC=CCC=CCC=CCCCCC(=O)OC(CO)CO. The minimum Gasteiger partial charge on any atom is -0.457 e. The zero-order valence-electron chi connectivity index (χ0n) is 19.2. The van der Waals surface area contributed by atoms with Gasteiger partial charge in [-0.2, -0.15) is 0 Å². The largest absolute Gasteiger partial charge is 0.457 e. The molecule has 0 aromatic rings. The second kappa shape index (κ2) is 24.1. The lowest BCUT2D eigenvalue weighted by atomic mass is 10.2. The number of allylic oxidation sites excluding steroid dienone is 12. The maximum absolute atomic E-state index is 11.5. The van der Waals surface area contributed by atoms with E-state index in [0.29, 0.717) is 6.42 Å². The first kappa shape index (κ1) is 28.8. The van der Waals surface area contributed by atoms with Crippen LogP contribution in [-0.4, -0.2) is 35.5 Å². The molecular formula is C27H42O4. The average Bonchev–Trinajstić information content (AvgIpc) is 2.78. The molecule has 0 amide bonds.